The summed E-state index contributed by atoms with van der Waals surface area (Å²) in [7, 11) is 0. The van der Waals surface area contributed by atoms with Crippen molar-refractivity contribution in [1.29, 1.82) is 0 Å². The van der Waals surface area contributed by atoms with E-state index in [9.17, 15) is 4.79 Å². The molecule has 2 aliphatic heterocycles. The minimum atomic E-state index is -0.116. The molecular weight excluding hydrogens is 394 g/mol. The third-order valence-corrected chi connectivity index (χ3v) is 5.88. The first-order chi connectivity index (χ1) is 15.3. The van der Waals surface area contributed by atoms with E-state index in [1.165, 1.54) is 19.3 Å². The predicted molar refractivity (Wildman–Crippen MR) is 116 cm³/mol. The molecule has 1 amide bonds. The first-order valence-corrected chi connectivity index (χ1v) is 10.8. The molecule has 3 aromatic rings. The van der Waals surface area contributed by atoms with E-state index in [1.54, 1.807) is 24.8 Å². The molecule has 3 aromatic heterocycles. The Balaban J connectivity index is 1.22. The maximum atomic E-state index is 12.9. The van der Waals surface area contributed by atoms with E-state index < -0.39 is 0 Å². The monoisotopic (exact) mass is 419 g/mol. The van der Waals surface area contributed by atoms with Crippen molar-refractivity contribution < 1.29 is 9.32 Å². The first kappa shape index (κ1) is 19.5. The van der Waals surface area contributed by atoms with Crippen molar-refractivity contribution in [3.8, 4) is 11.3 Å². The van der Waals surface area contributed by atoms with Crippen LogP contribution in [-0.2, 0) is 0 Å². The van der Waals surface area contributed by atoms with Crippen LogP contribution in [0.25, 0.3) is 11.3 Å². The zero-order valence-electron chi connectivity index (χ0n) is 17.4. The van der Waals surface area contributed by atoms with Gasteiger partial charge in [0.25, 0.3) is 5.91 Å². The number of aromatic nitrogens is 4. The molecule has 0 saturated carbocycles. The average molecular weight is 419 g/mol. The number of anilines is 2. The van der Waals surface area contributed by atoms with Crippen LogP contribution in [0, 0.1) is 0 Å². The van der Waals surface area contributed by atoms with Crippen LogP contribution in [-0.4, -0.2) is 70.2 Å². The van der Waals surface area contributed by atoms with Gasteiger partial charge in [-0.1, -0.05) is 5.16 Å². The lowest BCUT2D eigenvalue weighted by molar-refractivity contribution is 0.0736. The molecule has 5 heterocycles. The van der Waals surface area contributed by atoms with Gasteiger partial charge in [0.1, 0.15) is 18.0 Å². The molecule has 0 unspecified atom stereocenters. The lowest BCUT2D eigenvalue weighted by atomic mass is 10.1. The van der Waals surface area contributed by atoms with Gasteiger partial charge in [-0.25, -0.2) is 9.97 Å². The normalized spacial score (nSPS) is 17.1. The quantitative estimate of drug-likeness (QED) is 0.637. The summed E-state index contributed by atoms with van der Waals surface area (Å²) in [6.07, 6.45) is 8.74. The Morgan fingerprint density at radius 1 is 0.903 bits per heavy atom. The first-order valence-electron chi connectivity index (χ1n) is 10.8. The largest absolute Gasteiger partial charge is 0.356 e. The second-order valence-corrected chi connectivity index (χ2v) is 7.88. The smallest absolute Gasteiger partial charge is 0.276 e. The fourth-order valence-corrected chi connectivity index (χ4v) is 4.13. The predicted octanol–water partition coefficient (Wildman–Crippen LogP) is 2.48. The highest BCUT2D eigenvalue weighted by molar-refractivity contribution is 5.93. The van der Waals surface area contributed by atoms with Crippen molar-refractivity contribution >= 4 is 17.5 Å². The van der Waals surface area contributed by atoms with Crippen LogP contribution >= 0.6 is 0 Å². The highest BCUT2D eigenvalue weighted by atomic mass is 16.5. The zero-order valence-corrected chi connectivity index (χ0v) is 17.4. The summed E-state index contributed by atoms with van der Waals surface area (Å²) in [5.41, 5.74) is 1.12. The fourth-order valence-electron chi connectivity index (χ4n) is 4.13. The fraction of sp³-hybridized carbons (Fsp3) is 0.409. The van der Waals surface area contributed by atoms with Gasteiger partial charge in [0.05, 0.1) is 0 Å². The SMILES string of the molecule is O=C(c1cc(-c2cccnc2)on1)N1CCN(c2cc(N3CCCCC3)ncn2)CC1. The zero-order chi connectivity index (χ0) is 21.0. The number of pyridine rings is 1. The van der Waals surface area contributed by atoms with Gasteiger partial charge in [-0.3, -0.25) is 9.78 Å². The molecule has 9 heteroatoms. The third kappa shape index (κ3) is 4.21. The summed E-state index contributed by atoms with van der Waals surface area (Å²) in [5.74, 6) is 2.34. The van der Waals surface area contributed by atoms with Gasteiger partial charge >= 0.3 is 0 Å². The number of amides is 1. The molecule has 0 bridgehead atoms. The topological polar surface area (TPSA) is 91.5 Å². The Morgan fingerprint density at radius 3 is 2.35 bits per heavy atom. The van der Waals surface area contributed by atoms with Crippen LogP contribution in [0.5, 0.6) is 0 Å². The van der Waals surface area contributed by atoms with Crippen LogP contribution in [0.15, 0.2) is 47.5 Å². The molecule has 9 nitrogen and oxygen atoms in total. The second-order valence-electron chi connectivity index (χ2n) is 7.88. The standard InChI is InChI=1S/C22H25N7O2/c30-22(18-13-19(31-26-18)17-5-4-6-23-15-17)29-11-9-28(10-12-29)21-14-20(24-16-25-21)27-7-2-1-3-8-27/h4-6,13-16H,1-3,7-12H2. The van der Waals surface area contributed by atoms with E-state index in [0.717, 1.165) is 43.4 Å². The number of piperazine rings is 1. The summed E-state index contributed by atoms with van der Waals surface area (Å²) < 4.78 is 5.35. The maximum Gasteiger partial charge on any atom is 0.276 e. The number of nitrogens with zero attached hydrogens (tertiary/aromatic N) is 7. The summed E-state index contributed by atoms with van der Waals surface area (Å²) in [6.45, 7) is 4.76. The molecule has 0 N–H and O–H groups in total. The molecule has 0 aliphatic carbocycles. The van der Waals surface area contributed by atoms with Gasteiger partial charge < -0.3 is 19.2 Å². The Morgan fingerprint density at radius 2 is 1.65 bits per heavy atom. The number of hydrogen-bond acceptors (Lipinski definition) is 8. The molecule has 0 radical (unpaired) electrons. The van der Waals surface area contributed by atoms with E-state index in [4.69, 9.17) is 4.52 Å². The van der Waals surface area contributed by atoms with Crippen LogP contribution in [0.3, 0.4) is 0 Å². The molecule has 5 rings (SSSR count). The van der Waals surface area contributed by atoms with Crippen LogP contribution in [0.1, 0.15) is 29.8 Å². The molecule has 0 atom stereocenters. The summed E-state index contributed by atoms with van der Waals surface area (Å²) in [4.78, 5) is 32.3. The number of carbonyl (C=O) groups excluding carboxylic acids is 1. The number of rotatable bonds is 4. The van der Waals surface area contributed by atoms with E-state index in [2.05, 4.69) is 36.0 Å². The van der Waals surface area contributed by atoms with Gasteiger partial charge in [-0.05, 0) is 31.4 Å². The highest BCUT2D eigenvalue weighted by Gasteiger charge is 2.26. The summed E-state index contributed by atoms with van der Waals surface area (Å²) in [6, 6.07) is 7.45. The van der Waals surface area contributed by atoms with E-state index in [1.807, 2.05) is 17.0 Å². The Labute approximate surface area is 180 Å². The summed E-state index contributed by atoms with van der Waals surface area (Å²) in [5, 5.41) is 3.97. The van der Waals surface area contributed by atoms with Gasteiger partial charge in [-0.15, -0.1) is 0 Å². The summed E-state index contributed by atoms with van der Waals surface area (Å²) >= 11 is 0. The lowest BCUT2D eigenvalue weighted by Crippen LogP contribution is -2.49. The highest BCUT2D eigenvalue weighted by Crippen LogP contribution is 2.23. The van der Waals surface area contributed by atoms with Crippen molar-refractivity contribution in [2.24, 2.45) is 0 Å². The number of hydrogen-bond donors (Lipinski definition) is 0. The van der Waals surface area contributed by atoms with Crippen LogP contribution in [0.4, 0.5) is 11.6 Å². The minimum Gasteiger partial charge on any atom is -0.356 e. The van der Waals surface area contributed by atoms with Gasteiger partial charge in [0.2, 0.25) is 0 Å². The second kappa shape index (κ2) is 8.71. The molecule has 2 aliphatic rings. The van der Waals surface area contributed by atoms with E-state index >= 15 is 0 Å². The number of carbonyl (C=O) groups is 1. The molecule has 0 spiro atoms. The Kier molecular flexibility index (Phi) is 5.47. The van der Waals surface area contributed by atoms with Crippen molar-refractivity contribution in [2.45, 2.75) is 19.3 Å². The van der Waals surface area contributed by atoms with E-state index in [0.29, 0.717) is 24.5 Å². The van der Waals surface area contributed by atoms with Crippen molar-refractivity contribution in [1.82, 2.24) is 25.0 Å². The minimum absolute atomic E-state index is 0.116. The van der Waals surface area contributed by atoms with E-state index in [-0.39, 0.29) is 5.91 Å². The number of piperidine rings is 1. The lowest BCUT2D eigenvalue weighted by Gasteiger charge is -2.35. The van der Waals surface area contributed by atoms with Gasteiger partial charge in [0, 0.05) is 69.4 Å². The molecule has 160 valence electrons. The molecule has 0 aromatic carbocycles. The van der Waals surface area contributed by atoms with Gasteiger partial charge in [-0.2, -0.15) is 0 Å². The molecule has 2 fully saturated rings. The Hall–Kier alpha value is -3.49. The average Bonchev–Trinajstić information content (AvgIpc) is 3.35. The van der Waals surface area contributed by atoms with Crippen molar-refractivity contribution in [2.75, 3.05) is 49.1 Å². The van der Waals surface area contributed by atoms with Crippen molar-refractivity contribution in [3.05, 3.63) is 48.7 Å². The maximum absolute atomic E-state index is 12.9. The van der Waals surface area contributed by atoms with Crippen molar-refractivity contribution in [3.63, 3.8) is 0 Å². The molecule has 31 heavy (non-hydrogen) atoms. The van der Waals surface area contributed by atoms with Gasteiger partial charge in [0.15, 0.2) is 11.5 Å². The van der Waals surface area contributed by atoms with Crippen LogP contribution in [0.2, 0.25) is 0 Å². The third-order valence-electron chi connectivity index (χ3n) is 5.88. The molecule has 2 saturated heterocycles. The Bertz CT molecular complexity index is 1030. The molecular formula is C22H25N7O2. The van der Waals surface area contributed by atoms with Crippen LogP contribution < -0.4 is 9.80 Å².